The van der Waals surface area contributed by atoms with E-state index >= 15 is 0 Å². The van der Waals surface area contributed by atoms with Gasteiger partial charge in [-0.05, 0) is 30.2 Å². The summed E-state index contributed by atoms with van der Waals surface area (Å²) >= 11 is 3.54. The molecule has 0 aromatic heterocycles. The fourth-order valence-electron chi connectivity index (χ4n) is 3.56. The van der Waals surface area contributed by atoms with E-state index in [0.717, 1.165) is 15.6 Å². The van der Waals surface area contributed by atoms with Crippen LogP contribution in [-0.4, -0.2) is 32.7 Å². The largest absolute Gasteiger partial charge is 0.493 e. The number of hydrogen-bond donors (Lipinski definition) is 1. The Bertz CT molecular complexity index is 971. The molecule has 6 nitrogen and oxygen atoms in total. The minimum absolute atomic E-state index is 0.133. The second-order valence-corrected chi connectivity index (χ2v) is 7.80. The standard InChI is InChI=1S/C23H24BrNO5/c1-14-22(23(27)30-10-9-15-7-5-4-6-8-15)17(12-21(26)25-14)16-11-19(28-2)20(29-3)13-18(16)24/h4-8,11,13,17H,9-10,12H2,1-3H3,(H,25,26)/t17-/m1/s1. The van der Waals surface area contributed by atoms with Gasteiger partial charge in [0.15, 0.2) is 11.5 Å². The molecule has 3 rings (SSSR count). The van der Waals surface area contributed by atoms with Gasteiger partial charge in [0, 0.05) is 28.9 Å². The monoisotopic (exact) mass is 473 g/mol. The van der Waals surface area contributed by atoms with Crippen LogP contribution < -0.4 is 14.8 Å². The molecular weight excluding hydrogens is 450 g/mol. The Labute approximate surface area is 184 Å². The molecule has 1 amide bonds. The quantitative estimate of drug-likeness (QED) is 0.611. The molecule has 0 fully saturated rings. The summed E-state index contributed by atoms with van der Waals surface area (Å²) in [6.07, 6.45) is 0.754. The van der Waals surface area contributed by atoms with Crippen LogP contribution in [-0.2, 0) is 20.7 Å². The first-order valence-electron chi connectivity index (χ1n) is 9.57. The van der Waals surface area contributed by atoms with Crippen molar-refractivity contribution in [2.45, 2.75) is 25.7 Å². The highest BCUT2D eigenvalue weighted by molar-refractivity contribution is 9.10. The number of methoxy groups -OCH3 is 2. The lowest BCUT2D eigenvalue weighted by Crippen LogP contribution is -2.34. The van der Waals surface area contributed by atoms with E-state index in [1.807, 2.05) is 30.3 Å². The van der Waals surface area contributed by atoms with Crippen molar-refractivity contribution < 1.29 is 23.8 Å². The summed E-state index contributed by atoms with van der Waals surface area (Å²) in [5, 5.41) is 2.76. The van der Waals surface area contributed by atoms with Crippen molar-refractivity contribution in [1.82, 2.24) is 5.32 Å². The smallest absolute Gasteiger partial charge is 0.336 e. The second kappa shape index (κ2) is 9.80. The highest BCUT2D eigenvalue weighted by atomic mass is 79.9. The summed E-state index contributed by atoms with van der Waals surface area (Å²) in [6, 6.07) is 13.4. The predicted octanol–water partition coefficient (Wildman–Crippen LogP) is 4.13. The van der Waals surface area contributed by atoms with Crippen LogP contribution in [0.2, 0.25) is 0 Å². The van der Waals surface area contributed by atoms with Crippen molar-refractivity contribution in [3.05, 3.63) is 69.3 Å². The highest BCUT2D eigenvalue weighted by Gasteiger charge is 2.34. The van der Waals surface area contributed by atoms with Crippen molar-refractivity contribution >= 4 is 27.8 Å². The topological polar surface area (TPSA) is 73.9 Å². The van der Waals surface area contributed by atoms with Gasteiger partial charge in [0.2, 0.25) is 5.91 Å². The zero-order valence-electron chi connectivity index (χ0n) is 17.2. The van der Waals surface area contributed by atoms with Crippen molar-refractivity contribution in [1.29, 1.82) is 0 Å². The number of amides is 1. The Kier molecular flexibility index (Phi) is 7.15. The number of hydrogen-bond acceptors (Lipinski definition) is 5. The van der Waals surface area contributed by atoms with Gasteiger partial charge in [0.1, 0.15) is 0 Å². The summed E-state index contributed by atoms with van der Waals surface area (Å²) in [4.78, 5) is 25.2. The molecule has 0 radical (unpaired) electrons. The normalized spacial score (nSPS) is 16.1. The number of esters is 1. The molecule has 0 unspecified atom stereocenters. The summed E-state index contributed by atoms with van der Waals surface area (Å²) in [6.45, 7) is 1.97. The molecule has 30 heavy (non-hydrogen) atoms. The maximum absolute atomic E-state index is 13.0. The summed E-state index contributed by atoms with van der Waals surface area (Å²) < 4.78 is 17.0. The Balaban J connectivity index is 1.86. The lowest BCUT2D eigenvalue weighted by atomic mass is 9.84. The van der Waals surface area contributed by atoms with Crippen LogP contribution in [0.5, 0.6) is 11.5 Å². The van der Waals surface area contributed by atoms with E-state index in [1.54, 1.807) is 33.3 Å². The lowest BCUT2D eigenvalue weighted by Gasteiger charge is -2.28. The van der Waals surface area contributed by atoms with Crippen molar-refractivity contribution in [2.24, 2.45) is 0 Å². The van der Waals surface area contributed by atoms with Crippen LogP contribution in [0, 0.1) is 0 Å². The van der Waals surface area contributed by atoms with E-state index in [0.29, 0.717) is 29.2 Å². The van der Waals surface area contributed by atoms with Gasteiger partial charge in [0.05, 0.1) is 26.4 Å². The zero-order chi connectivity index (χ0) is 21.7. The minimum atomic E-state index is -0.461. The van der Waals surface area contributed by atoms with E-state index in [4.69, 9.17) is 14.2 Å². The first kappa shape index (κ1) is 21.9. The van der Waals surface area contributed by atoms with Gasteiger partial charge < -0.3 is 19.5 Å². The fraction of sp³-hybridized carbons (Fsp3) is 0.304. The molecule has 0 aliphatic carbocycles. The van der Waals surface area contributed by atoms with Crippen LogP contribution in [0.3, 0.4) is 0 Å². The number of ether oxygens (including phenoxy) is 3. The Morgan fingerprint density at radius 2 is 1.80 bits per heavy atom. The third kappa shape index (κ3) is 4.84. The molecule has 7 heteroatoms. The molecular formula is C23H24BrNO5. The van der Waals surface area contributed by atoms with Gasteiger partial charge >= 0.3 is 5.97 Å². The lowest BCUT2D eigenvalue weighted by molar-refractivity contribution is -0.139. The molecule has 2 aromatic rings. The van der Waals surface area contributed by atoms with Crippen LogP contribution in [0.15, 0.2) is 58.2 Å². The molecule has 158 valence electrons. The number of carbonyl (C=O) groups is 2. The molecule has 1 atom stereocenters. The Morgan fingerprint density at radius 1 is 1.13 bits per heavy atom. The summed E-state index contributed by atoms with van der Waals surface area (Å²) in [5.74, 6) is 0.0319. The van der Waals surface area contributed by atoms with Gasteiger partial charge in [-0.1, -0.05) is 46.3 Å². The molecule has 0 spiro atoms. The summed E-state index contributed by atoms with van der Waals surface area (Å²) in [5.41, 5.74) is 2.79. The van der Waals surface area contributed by atoms with E-state index < -0.39 is 11.9 Å². The average molecular weight is 474 g/mol. The van der Waals surface area contributed by atoms with Crippen molar-refractivity contribution in [2.75, 3.05) is 20.8 Å². The predicted molar refractivity (Wildman–Crippen MR) is 117 cm³/mol. The highest BCUT2D eigenvalue weighted by Crippen LogP contribution is 2.42. The number of benzene rings is 2. The zero-order valence-corrected chi connectivity index (χ0v) is 18.7. The second-order valence-electron chi connectivity index (χ2n) is 6.94. The van der Waals surface area contributed by atoms with E-state index in [2.05, 4.69) is 21.2 Å². The third-order valence-electron chi connectivity index (χ3n) is 5.03. The molecule has 1 aliphatic rings. The van der Waals surface area contributed by atoms with Crippen LogP contribution in [0.25, 0.3) is 0 Å². The SMILES string of the molecule is COc1cc(Br)c([C@H]2CC(=O)NC(C)=C2C(=O)OCCc2ccccc2)cc1OC. The Morgan fingerprint density at radius 3 is 2.47 bits per heavy atom. The molecule has 0 saturated carbocycles. The van der Waals surface area contributed by atoms with Crippen LogP contribution in [0.4, 0.5) is 0 Å². The third-order valence-corrected chi connectivity index (χ3v) is 5.72. The maximum Gasteiger partial charge on any atom is 0.336 e. The van der Waals surface area contributed by atoms with Gasteiger partial charge in [0.25, 0.3) is 0 Å². The molecule has 0 saturated heterocycles. The van der Waals surface area contributed by atoms with Crippen molar-refractivity contribution in [3.8, 4) is 11.5 Å². The van der Waals surface area contributed by atoms with Crippen LogP contribution in [0.1, 0.15) is 30.4 Å². The van der Waals surface area contributed by atoms with Gasteiger partial charge in [-0.25, -0.2) is 4.79 Å². The van der Waals surface area contributed by atoms with Crippen molar-refractivity contribution in [3.63, 3.8) is 0 Å². The maximum atomic E-state index is 13.0. The van der Waals surface area contributed by atoms with E-state index in [9.17, 15) is 9.59 Å². The van der Waals surface area contributed by atoms with Gasteiger partial charge in [-0.3, -0.25) is 4.79 Å². The fourth-order valence-corrected chi connectivity index (χ4v) is 4.16. The van der Waals surface area contributed by atoms with Gasteiger partial charge in [-0.15, -0.1) is 0 Å². The molecule has 1 N–H and O–H groups in total. The van der Waals surface area contributed by atoms with Gasteiger partial charge in [-0.2, -0.15) is 0 Å². The first-order chi connectivity index (χ1) is 14.4. The first-order valence-corrected chi connectivity index (χ1v) is 10.4. The Hall–Kier alpha value is -2.80. The minimum Gasteiger partial charge on any atom is -0.493 e. The molecule has 0 bridgehead atoms. The number of allylic oxidation sites excluding steroid dienone is 1. The molecule has 2 aromatic carbocycles. The number of rotatable bonds is 7. The van der Waals surface area contributed by atoms with E-state index in [1.165, 1.54) is 0 Å². The number of carbonyl (C=O) groups excluding carboxylic acids is 2. The molecule has 1 aliphatic heterocycles. The average Bonchev–Trinajstić information content (AvgIpc) is 2.73. The number of halogens is 1. The molecule has 1 heterocycles. The van der Waals surface area contributed by atoms with Crippen LogP contribution >= 0.6 is 15.9 Å². The summed E-state index contributed by atoms with van der Waals surface area (Å²) in [7, 11) is 3.10. The van der Waals surface area contributed by atoms with E-state index in [-0.39, 0.29) is 18.9 Å². The number of nitrogens with one attached hydrogen (secondary N) is 1.